The molecule has 0 radical (unpaired) electrons. The van der Waals surface area contributed by atoms with Gasteiger partial charge in [0.2, 0.25) is 0 Å². The van der Waals surface area contributed by atoms with Crippen molar-refractivity contribution in [2.45, 2.75) is 33.6 Å². The van der Waals surface area contributed by atoms with Crippen LogP contribution in [-0.2, 0) is 10.2 Å². The third-order valence-electron chi connectivity index (χ3n) is 2.25. The van der Waals surface area contributed by atoms with Gasteiger partial charge in [0.05, 0.1) is 0 Å². The first-order chi connectivity index (χ1) is 7.37. The fourth-order valence-electron chi connectivity index (χ4n) is 1.10. The average Bonchev–Trinajstić information content (AvgIpc) is 2.21. The molecular formula is C10H25N3O2S. The van der Waals surface area contributed by atoms with Gasteiger partial charge in [-0.05, 0) is 31.2 Å². The Hall–Kier alpha value is -0.170. The van der Waals surface area contributed by atoms with E-state index in [0.29, 0.717) is 31.5 Å². The highest BCUT2D eigenvalue weighted by Gasteiger charge is 2.09. The van der Waals surface area contributed by atoms with Crippen LogP contribution in [0.4, 0.5) is 0 Å². The van der Waals surface area contributed by atoms with E-state index in [9.17, 15) is 8.42 Å². The van der Waals surface area contributed by atoms with E-state index >= 15 is 0 Å². The SMILES string of the molecule is CC(C)CNS(=O)(=O)NCCCC(C)CN. The Kier molecular flexibility index (Phi) is 7.91. The summed E-state index contributed by atoms with van der Waals surface area (Å²) in [4.78, 5) is 0. The summed E-state index contributed by atoms with van der Waals surface area (Å²) in [7, 11) is -3.31. The molecule has 0 aliphatic carbocycles. The van der Waals surface area contributed by atoms with Crippen LogP contribution >= 0.6 is 0 Å². The Bertz CT molecular complexity index is 265. The maximum atomic E-state index is 11.4. The van der Waals surface area contributed by atoms with Crippen molar-refractivity contribution in [3.8, 4) is 0 Å². The van der Waals surface area contributed by atoms with Crippen LogP contribution in [0.15, 0.2) is 0 Å². The van der Waals surface area contributed by atoms with E-state index in [1.807, 2.05) is 13.8 Å². The average molecular weight is 251 g/mol. The van der Waals surface area contributed by atoms with Gasteiger partial charge in [0.25, 0.3) is 10.2 Å². The molecule has 0 spiro atoms. The maximum Gasteiger partial charge on any atom is 0.276 e. The molecule has 0 amide bonds. The summed E-state index contributed by atoms with van der Waals surface area (Å²) in [6.07, 6.45) is 1.77. The predicted molar refractivity (Wildman–Crippen MR) is 67.2 cm³/mol. The standard InChI is InChI=1S/C10H25N3O2S/c1-9(2)8-13-16(14,15)12-6-4-5-10(3)7-11/h9-10,12-13H,4-8,11H2,1-3H3. The van der Waals surface area contributed by atoms with Gasteiger partial charge in [-0.3, -0.25) is 0 Å². The highest BCUT2D eigenvalue weighted by Crippen LogP contribution is 2.01. The van der Waals surface area contributed by atoms with Crippen LogP contribution in [0, 0.1) is 11.8 Å². The van der Waals surface area contributed by atoms with E-state index in [1.165, 1.54) is 0 Å². The number of nitrogens with two attached hydrogens (primary N) is 1. The lowest BCUT2D eigenvalue weighted by Crippen LogP contribution is -2.38. The molecule has 0 aliphatic heterocycles. The van der Waals surface area contributed by atoms with E-state index in [4.69, 9.17) is 5.73 Å². The molecule has 0 rings (SSSR count). The van der Waals surface area contributed by atoms with Crippen LogP contribution < -0.4 is 15.2 Å². The summed E-state index contributed by atoms with van der Waals surface area (Å²) in [5, 5.41) is 0. The van der Waals surface area contributed by atoms with Gasteiger partial charge in [-0.25, -0.2) is 9.44 Å². The molecule has 0 fully saturated rings. The maximum absolute atomic E-state index is 11.4. The van der Waals surface area contributed by atoms with Crippen molar-refractivity contribution in [2.75, 3.05) is 19.6 Å². The minimum Gasteiger partial charge on any atom is -0.330 e. The van der Waals surface area contributed by atoms with Gasteiger partial charge >= 0.3 is 0 Å². The zero-order chi connectivity index (χ0) is 12.6. The van der Waals surface area contributed by atoms with Crippen LogP contribution in [0.5, 0.6) is 0 Å². The number of rotatable bonds is 9. The smallest absolute Gasteiger partial charge is 0.276 e. The normalized spacial score (nSPS) is 14.3. The molecule has 98 valence electrons. The van der Waals surface area contributed by atoms with Crippen molar-refractivity contribution >= 4 is 10.2 Å². The Morgan fingerprint density at radius 1 is 1.19 bits per heavy atom. The lowest BCUT2D eigenvalue weighted by molar-refractivity contribution is 0.508. The molecule has 1 atom stereocenters. The number of hydrogen-bond acceptors (Lipinski definition) is 3. The third-order valence-corrected chi connectivity index (χ3v) is 3.38. The molecule has 0 saturated heterocycles. The van der Waals surface area contributed by atoms with Crippen LogP contribution in [0.2, 0.25) is 0 Å². The van der Waals surface area contributed by atoms with Crippen molar-refractivity contribution < 1.29 is 8.42 Å². The Morgan fingerprint density at radius 3 is 2.31 bits per heavy atom. The predicted octanol–water partition coefficient (Wildman–Crippen LogP) is 0.441. The fourth-order valence-corrected chi connectivity index (χ4v) is 2.17. The number of nitrogens with one attached hydrogen (secondary N) is 2. The van der Waals surface area contributed by atoms with Gasteiger partial charge in [0, 0.05) is 13.1 Å². The molecule has 0 aliphatic rings. The fraction of sp³-hybridized carbons (Fsp3) is 1.00. The van der Waals surface area contributed by atoms with Gasteiger partial charge < -0.3 is 5.73 Å². The summed E-state index contributed by atoms with van der Waals surface area (Å²) in [5.41, 5.74) is 5.47. The van der Waals surface area contributed by atoms with Crippen molar-refractivity contribution in [1.29, 1.82) is 0 Å². The summed E-state index contributed by atoms with van der Waals surface area (Å²) in [6.45, 7) is 7.58. The second-order valence-corrected chi connectivity index (χ2v) is 6.21. The minimum absolute atomic E-state index is 0.314. The van der Waals surface area contributed by atoms with Crippen molar-refractivity contribution in [3.05, 3.63) is 0 Å². The first kappa shape index (κ1) is 15.8. The van der Waals surface area contributed by atoms with Crippen molar-refractivity contribution in [1.82, 2.24) is 9.44 Å². The Labute approximate surface area is 99.4 Å². The van der Waals surface area contributed by atoms with Gasteiger partial charge in [-0.2, -0.15) is 8.42 Å². The van der Waals surface area contributed by atoms with Crippen LogP contribution in [0.3, 0.4) is 0 Å². The van der Waals surface area contributed by atoms with Crippen LogP contribution in [0.1, 0.15) is 33.6 Å². The summed E-state index contributed by atoms with van der Waals surface area (Å²) in [6, 6.07) is 0. The highest BCUT2D eigenvalue weighted by atomic mass is 32.2. The lowest BCUT2D eigenvalue weighted by atomic mass is 10.1. The number of hydrogen-bond donors (Lipinski definition) is 3. The molecule has 5 nitrogen and oxygen atoms in total. The second-order valence-electron chi connectivity index (χ2n) is 4.62. The van der Waals surface area contributed by atoms with E-state index < -0.39 is 10.2 Å². The molecule has 0 aromatic rings. The second kappa shape index (κ2) is 8.00. The Morgan fingerprint density at radius 2 is 1.81 bits per heavy atom. The van der Waals surface area contributed by atoms with Gasteiger partial charge in [0.15, 0.2) is 0 Å². The van der Waals surface area contributed by atoms with Gasteiger partial charge in [-0.1, -0.05) is 20.8 Å². The zero-order valence-corrected chi connectivity index (χ0v) is 11.3. The molecule has 16 heavy (non-hydrogen) atoms. The van der Waals surface area contributed by atoms with Crippen LogP contribution in [0.25, 0.3) is 0 Å². The molecule has 1 unspecified atom stereocenters. The lowest BCUT2D eigenvalue weighted by Gasteiger charge is -2.11. The summed E-state index contributed by atoms with van der Waals surface area (Å²) < 4.78 is 27.8. The first-order valence-electron chi connectivity index (χ1n) is 5.81. The summed E-state index contributed by atoms with van der Waals surface area (Å²) >= 11 is 0. The van der Waals surface area contributed by atoms with Crippen molar-refractivity contribution in [3.63, 3.8) is 0 Å². The molecule has 0 heterocycles. The van der Waals surface area contributed by atoms with Crippen LogP contribution in [-0.4, -0.2) is 28.1 Å². The monoisotopic (exact) mass is 251 g/mol. The van der Waals surface area contributed by atoms with E-state index in [2.05, 4.69) is 16.4 Å². The molecule has 4 N–H and O–H groups in total. The minimum atomic E-state index is -3.31. The quantitative estimate of drug-likeness (QED) is 0.520. The third kappa shape index (κ3) is 9.08. The zero-order valence-electron chi connectivity index (χ0n) is 10.5. The van der Waals surface area contributed by atoms with Crippen molar-refractivity contribution in [2.24, 2.45) is 17.6 Å². The van der Waals surface area contributed by atoms with E-state index in [0.717, 1.165) is 12.8 Å². The molecule has 0 aromatic heterocycles. The molecular weight excluding hydrogens is 226 g/mol. The van der Waals surface area contributed by atoms with Gasteiger partial charge in [0.1, 0.15) is 0 Å². The molecule has 0 bridgehead atoms. The summed E-state index contributed by atoms with van der Waals surface area (Å²) in [5.74, 6) is 0.766. The van der Waals surface area contributed by atoms with Gasteiger partial charge in [-0.15, -0.1) is 0 Å². The van der Waals surface area contributed by atoms with E-state index in [1.54, 1.807) is 0 Å². The van der Waals surface area contributed by atoms with E-state index in [-0.39, 0.29) is 0 Å². The molecule has 0 saturated carbocycles. The molecule has 6 heteroatoms. The Balaban J connectivity index is 3.66. The largest absolute Gasteiger partial charge is 0.330 e. The highest BCUT2D eigenvalue weighted by molar-refractivity contribution is 7.87. The molecule has 0 aromatic carbocycles. The topological polar surface area (TPSA) is 84.2 Å². The first-order valence-corrected chi connectivity index (χ1v) is 7.30.